The van der Waals surface area contributed by atoms with Crippen LogP contribution in [0, 0.1) is 0 Å². The Labute approximate surface area is 144 Å². The lowest BCUT2D eigenvalue weighted by molar-refractivity contribution is 0.0600. The van der Waals surface area contributed by atoms with Crippen LogP contribution < -0.4 is 9.47 Å². The number of ether oxygens (including phenoxy) is 3. The van der Waals surface area contributed by atoms with Crippen molar-refractivity contribution in [2.45, 2.75) is 6.61 Å². The lowest BCUT2D eigenvalue weighted by atomic mass is 10.1. The molecule has 0 spiro atoms. The third-order valence-corrected chi connectivity index (χ3v) is 3.65. The minimum absolute atomic E-state index is 0.252. The summed E-state index contributed by atoms with van der Waals surface area (Å²) in [6.07, 6.45) is 1.26. The maximum atomic E-state index is 11.8. The second-order valence-electron chi connectivity index (χ2n) is 5.21. The van der Waals surface area contributed by atoms with Crippen molar-refractivity contribution in [1.82, 2.24) is 5.16 Å². The molecule has 1 heterocycles. The number of aromatic nitrogens is 1. The molecule has 0 unspecified atom stereocenters. The summed E-state index contributed by atoms with van der Waals surface area (Å²) in [5.41, 5.74) is 2.36. The predicted molar refractivity (Wildman–Crippen MR) is 90.6 cm³/mol. The zero-order chi connectivity index (χ0) is 17.6. The van der Waals surface area contributed by atoms with E-state index in [2.05, 4.69) is 5.16 Å². The topological polar surface area (TPSA) is 70.8 Å². The Kier molecular flexibility index (Phi) is 4.99. The van der Waals surface area contributed by atoms with Gasteiger partial charge in [-0.2, -0.15) is 0 Å². The highest BCUT2D eigenvalue weighted by atomic mass is 16.5. The van der Waals surface area contributed by atoms with Gasteiger partial charge in [0.25, 0.3) is 0 Å². The van der Waals surface area contributed by atoms with Crippen molar-refractivity contribution in [3.8, 4) is 22.8 Å². The Balaban J connectivity index is 1.85. The van der Waals surface area contributed by atoms with Crippen LogP contribution in [0.2, 0.25) is 0 Å². The number of hydrogen-bond donors (Lipinski definition) is 0. The lowest BCUT2D eigenvalue weighted by Gasteiger charge is -2.12. The SMILES string of the molecule is COC(=O)c1conc1-c1ccc(OCc2ccccc2)c(OC)c1. The van der Waals surface area contributed by atoms with Gasteiger partial charge >= 0.3 is 5.97 Å². The van der Waals surface area contributed by atoms with Crippen LogP contribution in [0.15, 0.2) is 59.3 Å². The first kappa shape index (κ1) is 16.6. The first-order valence-corrected chi connectivity index (χ1v) is 7.60. The normalized spacial score (nSPS) is 10.3. The number of carbonyl (C=O) groups excluding carboxylic acids is 1. The molecule has 0 fully saturated rings. The molecule has 1 aromatic heterocycles. The van der Waals surface area contributed by atoms with Crippen LogP contribution in [0.5, 0.6) is 11.5 Å². The monoisotopic (exact) mass is 339 g/mol. The molecular weight excluding hydrogens is 322 g/mol. The first-order chi connectivity index (χ1) is 12.2. The fraction of sp³-hybridized carbons (Fsp3) is 0.158. The van der Waals surface area contributed by atoms with E-state index in [0.29, 0.717) is 29.4 Å². The van der Waals surface area contributed by atoms with Crippen molar-refractivity contribution < 1.29 is 23.5 Å². The van der Waals surface area contributed by atoms with Gasteiger partial charge in [0.15, 0.2) is 11.5 Å². The number of esters is 1. The maximum absolute atomic E-state index is 11.8. The van der Waals surface area contributed by atoms with Crippen molar-refractivity contribution in [1.29, 1.82) is 0 Å². The van der Waals surface area contributed by atoms with E-state index < -0.39 is 5.97 Å². The second kappa shape index (κ2) is 7.53. The molecule has 25 heavy (non-hydrogen) atoms. The Morgan fingerprint density at radius 3 is 2.60 bits per heavy atom. The van der Waals surface area contributed by atoms with Gasteiger partial charge in [0, 0.05) is 5.56 Å². The lowest BCUT2D eigenvalue weighted by Crippen LogP contribution is -2.02. The van der Waals surface area contributed by atoms with E-state index in [9.17, 15) is 4.79 Å². The van der Waals surface area contributed by atoms with E-state index in [4.69, 9.17) is 18.7 Å². The van der Waals surface area contributed by atoms with Gasteiger partial charge in [-0.05, 0) is 23.8 Å². The molecule has 0 atom stereocenters. The van der Waals surface area contributed by atoms with E-state index in [1.165, 1.54) is 13.4 Å². The summed E-state index contributed by atoms with van der Waals surface area (Å²) < 4.78 is 20.9. The molecule has 0 saturated heterocycles. The number of hydrogen-bond acceptors (Lipinski definition) is 6. The van der Waals surface area contributed by atoms with Crippen molar-refractivity contribution >= 4 is 5.97 Å². The zero-order valence-corrected chi connectivity index (χ0v) is 13.9. The maximum Gasteiger partial charge on any atom is 0.343 e. The van der Waals surface area contributed by atoms with E-state index in [1.54, 1.807) is 25.3 Å². The standard InChI is InChI=1S/C19H17NO5/c1-22-17-10-14(18-15(12-25-20-18)19(21)23-2)8-9-16(17)24-11-13-6-4-3-5-7-13/h3-10,12H,11H2,1-2H3. The minimum atomic E-state index is -0.514. The van der Waals surface area contributed by atoms with Gasteiger partial charge < -0.3 is 18.7 Å². The molecule has 0 amide bonds. The molecule has 3 aromatic rings. The van der Waals surface area contributed by atoms with Gasteiger partial charge in [-0.15, -0.1) is 0 Å². The largest absolute Gasteiger partial charge is 0.493 e. The molecule has 0 saturated carbocycles. The first-order valence-electron chi connectivity index (χ1n) is 7.60. The van der Waals surface area contributed by atoms with Gasteiger partial charge in [0.1, 0.15) is 24.1 Å². The number of nitrogens with zero attached hydrogens (tertiary/aromatic N) is 1. The van der Waals surface area contributed by atoms with E-state index in [0.717, 1.165) is 5.56 Å². The molecule has 2 aromatic carbocycles. The van der Waals surface area contributed by atoms with Gasteiger partial charge in [0.05, 0.1) is 14.2 Å². The molecule has 0 aliphatic carbocycles. The van der Waals surface area contributed by atoms with Crippen LogP contribution in [-0.2, 0) is 11.3 Å². The van der Waals surface area contributed by atoms with Crippen molar-refractivity contribution in [2.75, 3.05) is 14.2 Å². The fourth-order valence-corrected chi connectivity index (χ4v) is 2.37. The molecule has 128 valence electrons. The van der Waals surface area contributed by atoms with Crippen LogP contribution >= 0.6 is 0 Å². The Bertz CT molecular complexity index is 857. The van der Waals surface area contributed by atoms with E-state index in [1.807, 2.05) is 30.3 Å². The molecule has 6 heteroatoms. The highest BCUT2D eigenvalue weighted by molar-refractivity contribution is 5.95. The Morgan fingerprint density at radius 1 is 1.08 bits per heavy atom. The van der Waals surface area contributed by atoms with Gasteiger partial charge in [-0.25, -0.2) is 4.79 Å². The van der Waals surface area contributed by atoms with Gasteiger partial charge in [-0.3, -0.25) is 0 Å². The Morgan fingerprint density at radius 2 is 1.88 bits per heavy atom. The van der Waals surface area contributed by atoms with Crippen LogP contribution in [0.1, 0.15) is 15.9 Å². The fourth-order valence-electron chi connectivity index (χ4n) is 2.37. The highest BCUT2D eigenvalue weighted by Crippen LogP contribution is 2.33. The average Bonchev–Trinajstić information content (AvgIpc) is 3.16. The second-order valence-corrected chi connectivity index (χ2v) is 5.21. The molecule has 0 N–H and O–H groups in total. The van der Waals surface area contributed by atoms with Crippen molar-refractivity contribution in [3.05, 3.63) is 65.9 Å². The zero-order valence-electron chi connectivity index (χ0n) is 13.9. The summed E-state index contributed by atoms with van der Waals surface area (Å²) in [4.78, 5) is 11.8. The van der Waals surface area contributed by atoms with Gasteiger partial charge in [-0.1, -0.05) is 35.5 Å². The number of benzene rings is 2. The summed E-state index contributed by atoms with van der Waals surface area (Å²) in [6, 6.07) is 15.1. The Hall–Kier alpha value is -3.28. The van der Waals surface area contributed by atoms with E-state index >= 15 is 0 Å². The summed E-state index contributed by atoms with van der Waals surface area (Å²) in [5.74, 6) is 0.616. The molecule has 3 rings (SSSR count). The quantitative estimate of drug-likeness (QED) is 0.638. The van der Waals surface area contributed by atoms with Crippen LogP contribution in [-0.4, -0.2) is 25.3 Å². The van der Waals surface area contributed by atoms with Gasteiger partial charge in [0.2, 0.25) is 0 Å². The predicted octanol–water partition coefficient (Wildman–Crippen LogP) is 3.72. The third kappa shape index (κ3) is 3.63. The van der Waals surface area contributed by atoms with Crippen molar-refractivity contribution in [3.63, 3.8) is 0 Å². The smallest absolute Gasteiger partial charge is 0.343 e. The van der Waals surface area contributed by atoms with Crippen LogP contribution in [0.3, 0.4) is 0 Å². The molecule has 0 radical (unpaired) electrons. The summed E-state index contributed by atoms with van der Waals surface area (Å²) in [5, 5.41) is 3.88. The number of methoxy groups -OCH3 is 2. The number of carbonyl (C=O) groups is 1. The minimum Gasteiger partial charge on any atom is -0.493 e. The molecule has 0 aliphatic heterocycles. The summed E-state index contributed by atoms with van der Waals surface area (Å²) >= 11 is 0. The highest BCUT2D eigenvalue weighted by Gasteiger charge is 2.19. The average molecular weight is 339 g/mol. The molecule has 6 nitrogen and oxygen atoms in total. The summed E-state index contributed by atoms with van der Waals surface area (Å²) in [7, 11) is 2.86. The third-order valence-electron chi connectivity index (χ3n) is 3.65. The molecule has 0 aliphatic rings. The van der Waals surface area contributed by atoms with Crippen LogP contribution in [0.4, 0.5) is 0 Å². The molecular formula is C19H17NO5. The number of rotatable bonds is 6. The van der Waals surface area contributed by atoms with Crippen molar-refractivity contribution in [2.24, 2.45) is 0 Å². The summed E-state index contributed by atoms with van der Waals surface area (Å²) in [6.45, 7) is 0.425. The van der Waals surface area contributed by atoms with E-state index in [-0.39, 0.29) is 5.56 Å². The van der Waals surface area contributed by atoms with Crippen LogP contribution in [0.25, 0.3) is 11.3 Å². The molecule has 0 bridgehead atoms.